The number of aromatic nitrogens is 2. The van der Waals surface area contributed by atoms with Crippen molar-refractivity contribution in [2.24, 2.45) is 5.73 Å². The number of hydrogen-bond donors (Lipinski definition) is 7. The number of nitrogens with one attached hydrogen (secondary N) is 1. The quantitative estimate of drug-likeness (QED) is 0.0378. The van der Waals surface area contributed by atoms with Crippen molar-refractivity contribution in [3.05, 3.63) is 69.6 Å². The summed E-state index contributed by atoms with van der Waals surface area (Å²) in [5, 5.41) is 54.0. The molecule has 3 aliphatic rings. The Kier molecular flexibility index (Phi) is 17.3. The van der Waals surface area contributed by atoms with Crippen molar-refractivity contribution in [2.75, 3.05) is 27.2 Å². The number of hydrogen-bond acceptors (Lipinski definition) is 15. The lowest BCUT2D eigenvalue weighted by Gasteiger charge is -2.38. The molecule has 57 heavy (non-hydrogen) atoms. The maximum Gasteiger partial charge on any atom is 0.330 e. The Balaban J connectivity index is 1.52. The Morgan fingerprint density at radius 3 is 2.26 bits per heavy atom. The van der Waals surface area contributed by atoms with Crippen LogP contribution < -0.4 is 17.0 Å². The molecule has 0 spiro atoms. The largest absolute Gasteiger partial charge is 0.480 e. The average molecular weight is 808 g/mol. The molecule has 19 heteroatoms. The number of likely N-dealkylation sites (N-methyl/N-ethyl adjacent to an activating group) is 2. The van der Waals surface area contributed by atoms with E-state index < -0.39 is 103 Å². The molecule has 0 aromatic carbocycles. The molecule has 3 aliphatic heterocycles. The van der Waals surface area contributed by atoms with Gasteiger partial charge >= 0.3 is 17.6 Å². The van der Waals surface area contributed by atoms with Crippen molar-refractivity contribution in [3.63, 3.8) is 0 Å². The third-order valence-corrected chi connectivity index (χ3v) is 10.3. The second kappa shape index (κ2) is 21.6. The number of unbranched alkanes of at least 4 members (excludes halogenated alkanes) is 5. The number of carboxylic acid groups (broad SMARTS) is 1. The lowest BCUT2D eigenvalue weighted by Crippen LogP contribution is -2.59. The first-order chi connectivity index (χ1) is 27.2. The second-order valence-corrected chi connectivity index (χ2v) is 14.4. The number of allylic oxidation sites excluding steroid dienone is 5. The molecular weight excluding hydrogens is 750 g/mol. The van der Waals surface area contributed by atoms with Crippen molar-refractivity contribution in [3.8, 4) is 0 Å². The molecule has 4 rings (SSSR count). The summed E-state index contributed by atoms with van der Waals surface area (Å²) in [5.41, 5.74) is 3.95. The summed E-state index contributed by atoms with van der Waals surface area (Å²) in [4.78, 5) is 68.4. The van der Waals surface area contributed by atoms with Crippen LogP contribution in [0.25, 0.3) is 0 Å². The van der Waals surface area contributed by atoms with Gasteiger partial charge in [-0.3, -0.25) is 24.0 Å². The van der Waals surface area contributed by atoms with Gasteiger partial charge in [0, 0.05) is 38.5 Å². The van der Waals surface area contributed by atoms with Gasteiger partial charge in [0.1, 0.15) is 54.9 Å². The third-order valence-electron chi connectivity index (χ3n) is 10.3. The molecule has 12 atom stereocenters. The number of esters is 1. The summed E-state index contributed by atoms with van der Waals surface area (Å²) in [6, 6.07) is -2.29. The molecule has 4 heterocycles. The van der Waals surface area contributed by atoms with E-state index in [2.05, 4.69) is 31.2 Å². The molecule has 19 nitrogen and oxygen atoms in total. The lowest BCUT2D eigenvalue weighted by molar-refractivity contribution is -0.233. The van der Waals surface area contributed by atoms with Crippen LogP contribution in [0.15, 0.2) is 58.3 Å². The number of ether oxygens (including phenoxy) is 4. The van der Waals surface area contributed by atoms with Crippen LogP contribution in [0.5, 0.6) is 0 Å². The molecule has 4 unspecified atom stereocenters. The normalized spacial score (nSPS) is 31.8. The highest BCUT2D eigenvalue weighted by atomic mass is 16.7. The maximum absolute atomic E-state index is 14.3. The highest BCUT2D eigenvalue weighted by Crippen LogP contribution is 2.36. The maximum atomic E-state index is 14.3. The third kappa shape index (κ3) is 11.5. The molecule has 0 saturated carbocycles. The molecule has 0 radical (unpaired) electrons. The lowest BCUT2D eigenvalue weighted by atomic mass is 9.97. The molecule has 8 N–H and O–H groups in total. The minimum absolute atomic E-state index is 0.234. The van der Waals surface area contributed by atoms with E-state index >= 15 is 0 Å². The van der Waals surface area contributed by atoms with Crippen molar-refractivity contribution < 1.29 is 58.9 Å². The van der Waals surface area contributed by atoms with Gasteiger partial charge in [-0.25, -0.2) is 14.4 Å². The van der Waals surface area contributed by atoms with Crippen LogP contribution in [0.4, 0.5) is 0 Å². The van der Waals surface area contributed by atoms with Crippen molar-refractivity contribution >= 4 is 17.8 Å². The first-order valence-corrected chi connectivity index (χ1v) is 19.3. The van der Waals surface area contributed by atoms with E-state index in [4.69, 9.17) is 24.7 Å². The van der Waals surface area contributed by atoms with E-state index in [0.29, 0.717) is 6.42 Å². The van der Waals surface area contributed by atoms with Gasteiger partial charge in [-0.15, -0.1) is 0 Å². The minimum atomic E-state index is -1.89. The number of nitrogens with two attached hydrogens (primary N) is 1. The smallest absolute Gasteiger partial charge is 0.330 e. The van der Waals surface area contributed by atoms with Crippen LogP contribution in [0.3, 0.4) is 0 Å². The molecule has 0 aliphatic carbocycles. The summed E-state index contributed by atoms with van der Waals surface area (Å²) in [6.07, 6.45) is 3.78. The van der Waals surface area contributed by atoms with E-state index in [0.717, 1.165) is 47.4 Å². The van der Waals surface area contributed by atoms with E-state index in [1.54, 1.807) is 6.08 Å². The highest BCUT2D eigenvalue weighted by Gasteiger charge is 2.57. The van der Waals surface area contributed by atoms with Gasteiger partial charge in [0.2, 0.25) is 5.91 Å². The Morgan fingerprint density at radius 1 is 0.947 bits per heavy atom. The number of rotatable bonds is 19. The van der Waals surface area contributed by atoms with Crippen LogP contribution in [0.1, 0.15) is 64.5 Å². The van der Waals surface area contributed by atoms with Gasteiger partial charge in [0.25, 0.3) is 5.56 Å². The Bertz CT molecular complexity index is 1700. The molecular formula is C38H57N5O14. The Hall–Kier alpha value is -4.05. The SMILES string of the molecule is CCCCC/C=C\C/C=C\CCC/C=C/C(=O)OC1CN(C)C(C(O[C@@H]2O[C@H](CN)[C@@H](O)[C@H]2O)[C@H]2O[C@@H](n3ccc(=O)[nH]c3=O)[C@H](O)[C@@H]2O)C(=O)N(C)C1C(=O)O. The van der Waals surface area contributed by atoms with Gasteiger partial charge in [0.05, 0.1) is 0 Å². The van der Waals surface area contributed by atoms with E-state index in [9.17, 15) is 49.5 Å². The number of carboxylic acids is 1. The predicted molar refractivity (Wildman–Crippen MR) is 202 cm³/mol. The van der Waals surface area contributed by atoms with E-state index in [1.807, 2.05) is 4.98 Å². The van der Waals surface area contributed by atoms with E-state index in [1.165, 1.54) is 44.3 Å². The van der Waals surface area contributed by atoms with Crippen LogP contribution >= 0.6 is 0 Å². The number of H-pyrrole nitrogens is 1. The van der Waals surface area contributed by atoms with Gasteiger partial charge in [0.15, 0.2) is 18.6 Å². The monoisotopic (exact) mass is 807 g/mol. The fourth-order valence-corrected chi connectivity index (χ4v) is 7.16. The van der Waals surface area contributed by atoms with Crippen LogP contribution in [0.2, 0.25) is 0 Å². The number of amides is 1. The second-order valence-electron chi connectivity index (χ2n) is 14.4. The summed E-state index contributed by atoms with van der Waals surface area (Å²) >= 11 is 0. The average Bonchev–Trinajstić information content (AvgIpc) is 3.58. The van der Waals surface area contributed by atoms with Gasteiger partial charge in [-0.05, 0) is 45.6 Å². The zero-order valence-corrected chi connectivity index (χ0v) is 32.4. The molecule has 3 saturated heterocycles. The van der Waals surface area contributed by atoms with Crippen LogP contribution in [-0.4, -0.2) is 157 Å². The van der Waals surface area contributed by atoms with Crippen molar-refractivity contribution in [2.45, 2.75) is 132 Å². The number of aliphatic carboxylic acids is 1. The molecule has 1 amide bonds. The minimum Gasteiger partial charge on any atom is -0.480 e. The fraction of sp³-hybridized carbons (Fsp3) is 0.658. The molecule has 318 valence electrons. The number of nitrogens with zero attached hydrogens (tertiary/aromatic N) is 3. The number of carbonyl (C=O) groups excluding carboxylic acids is 2. The molecule has 1 aromatic rings. The van der Waals surface area contributed by atoms with Crippen LogP contribution in [0, 0.1) is 0 Å². The number of carbonyl (C=O) groups is 3. The topological polar surface area (TPSA) is 277 Å². The standard InChI is InChI=1S/C38H57N5O14/c1-4-5-6-7-8-9-10-11-12-13-14-15-16-17-25(45)54-23-21-41(2)27(34(50)42(3)26(23)36(51)52)32(57-37-31(49)28(46)22(20-39)55-37)33-29(47)30(48)35(56-33)43-19-18-24(44)40-38(43)53/h8-9,11-12,16-19,22-23,26-33,35,37,46-49H,4-7,10,13-15,20-21,39H2,1-3H3,(H,51,52)(H,40,44,53)/b9-8-,12-11-,17-16+/t22-,23?,26?,27?,28-,29+,30-,31-,32?,33+,35-,37+/m1/s1. The first-order valence-electron chi connectivity index (χ1n) is 19.3. The van der Waals surface area contributed by atoms with Crippen molar-refractivity contribution in [1.82, 2.24) is 19.4 Å². The van der Waals surface area contributed by atoms with Crippen LogP contribution in [-0.2, 0) is 33.3 Å². The summed E-state index contributed by atoms with van der Waals surface area (Å²) in [6.45, 7) is 1.57. The number of aliphatic hydroxyl groups excluding tert-OH is 4. The van der Waals surface area contributed by atoms with E-state index in [-0.39, 0.29) is 13.1 Å². The molecule has 1 aromatic heterocycles. The first kappa shape index (κ1) is 45.6. The number of aromatic amines is 1. The predicted octanol–water partition coefficient (Wildman–Crippen LogP) is -1.11. The zero-order chi connectivity index (χ0) is 41.8. The van der Waals surface area contributed by atoms with Gasteiger partial charge in [-0.1, -0.05) is 50.1 Å². The summed E-state index contributed by atoms with van der Waals surface area (Å²) in [7, 11) is 2.57. The Labute approximate surface area is 329 Å². The van der Waals surface area contributed by atoms with Gasteiger partial charge in [-0.2, -0.15) is 0 Å². The zero-order valence-electron chi connectivity index (χ0n) is 32.4. The van der Waals surface area contributed by atoms with Crippen molar-refractivity contribution in [1.29, 1.82) is 0 Å². The highest BCUT2D eigenvalue weighted by molar-refractivity contribution is 5.89. The molecule has 3 fully saturated rings. The molecule has 0 bridgehead atoms. The fourth-order valence-electron chi connectivity index (χ4n) is 7.16. The summed E-state index contributed by atoms with van der Waals surface area (Å²) < 4.78 is 24.1. The summed E-state index contributed by atoms with van der Waals surface area (Å²) in [5.74, 6) is -3.25. The Morgan fingerprint density at radius 2 is 1.63 bits per heavy atom. The van der Waals surface area contributed by atoms with Gasteiger partial charge < -0.3 is 55.1 Å². The number of aliphatic hydroxyl groups is 4.